The monoisotopic (exact) mass is 322 g/mol. The minimum absolute atomic E-state index is 0.174. The molecule has 0 fully saturated rings. The highest BCUT2D eigenvalue weighted by atomic mass is 35.5. The largest absolute Gasteiger partial charge is 0.311 e. The maximum Gasteiger partial charge on any atom is 0.253 e. The summed E-state index contributed by atoms with van der Waals surface area (Å²) in [7, 11) is 0. The van der Waals surface area contributed by atoms with Crippen molar-refractivity contribution in [1.82, 2.24) is 4.98 Å². The molecule has 1 N–H and O–H groups in total. The maximum atomic E-state index is 11.8. The number of amides is 1. The van der Waals surface area contributed by atoms with Gasteiger partial charge in [0.1, 0.15) is 5.82 Å². The van der Waals surface area contributed by atoms with Crippen LogP contribution in [0.3, 0.4) is 0 Å². The fourth-order valence-electron chi connectivity index (χ4n) is 1.74. The van der Waals surface area contributed by atoms with Crippen molar-refractivity contribution in [2.45, 2.75) is 12.8 Å². The predicted octanol–water partition coefficient (Wildman–Crippen LogP) is 3.69. The number of pyridine rings is 1. The number of hydrogen-bond donors (Lipinski definition) is 1. The van der Waals surface area contributed by atoms with E-state index in [1.807, 2.05) is 18.2 Å². The molecular formula is C15H12Cl2N2O2. The number of aryl methyl sites for hydroxylation is 1. The van der Waals surface area contributed by atoms with Crippen LogP contribution in [0.1, 0.15) is 22.3 Å². The van der Waals surface area contributed by atoms with E-state index in [1.54, 1.807) is 6.07 Å². The highest BCUT2D eigenvalue weighted by molar-refractivity contribution is 6.67. The van der Waals surface area contributed by atoms with Gasteiger partial charge < -0.3 is 5.32 Å². The van der Waals surface area contributed by atoms with Crippen molar-refractivity contribution >= 4 is 40.2 Å². The van der Waals surface area contributed by atoms with E-state index in [1.165, 1.54) is 18.3 Å². The lowest BCUT2D eigenvalue weighted by atomic mass is 10.1. The van der Waals surface area contributed by atoms with Gasteiger partial charge in [-0.05, 0) is 41.8 Å². The molecule has 1 amide bonds. The molecule has 21 heavy (non-hydrogen) atoms. The quantitative estimate of drug-likeness (QED) is 0.854. The van der Waals surface area contributed by atoms with E-state index in [-0.39, 0.29) is 11.5 Å². The van der Waals surface area contributed by atoms with Gasteiger partial charge in [-0.1, -0.05) is 29.8 Å². The summed E-state index contributed by atoms with van der Waals surface area (Å²) < 4.78 is 0. The highest BCUT2D eigenvalue weighted by Gasteiger charge is 2.07. The molecule has 0 unspecified atom stereocenters. The number of nitrogens with zero attached hydrogens (tertiary/aromatic N) is 1. The lowest BCUT2D eigenvalue weighted by molar-refractivity contribution is -0.116. The van der Waals surface area contributed by atoms with Crippen molar-refractivity contribution in [3.05, 3.63) is 58.7 Å². The van der Waals surface area contributed by atoms with Crippen molar-refractivity contribution in [3.63, 3.8) is 0 Å². The molecule has 1 heterocycles. The highest BCUT2D eigenvalue weighted by Crippen LogP contribution is 2.17. The Balaban J connectivity index is 1.90. The summed E-state index contributed by atoms with van der Waals surface area (Å²) in [5.74, 6) is 0.202. The lowest BCUT2D eigenvalue weighted by Crippen LogP contribution is -2.13. The van der Waals surface area contributed by atoms with Gasteiger partial charge in [-0.3, -0.25) is 9.59 Å². The summed E-state index contributed by atoms with van der Waals surface area (Å²) >= 11 is 11.3. The number of hydrogen-bond acceptors (Lipinski definition) is 3. The summed E-state index contributed by atoms with van der Waals surface area (Å²) in [5, 5.41) is 2.71. The molecule has 0 aliphatic carbocycles. The van der Waals surface area contributed by atoms with Crippen molar-refractivity contribution in [3.8, 4) is 0 Å². The molecule has 1 aromatic carbocycles. The summed E-state index contributed by atoms with van der Waals surface area (Å²) in [4.78, 5) is 26.7. The Morgan fingerprint density at radius 1 is 1.14 bits per heavy atom. The van der Waals surface area contributed by atoms with E-state index >= 15 is 0 Å². The predicted molar refractivity (Wildman–Crippen MR) is 82.8 cm³/mol. The second-order valence-electron chi connectivity index (χ2n) is 4.35. The Morgan fingerprint density at radius 2 is 1.90 bits per heavy atom. The molecule has 0 bridgehead atoms. The fourth-order valence-corrected chi connectivity index (χ4v) is 2.08. The van der Waals surface area contributed by atoms with Crippen molar-refractivity contribution in [2.24, 2.45) is 0 Å². The minimum atomic E-state index is -0.584. The Bertz CT molecular complexity index is 657. The molecule has 0 saturated carbocycles. The number of halogens is 2. The van der Waals surface area contributed by atoms with E-state index < -0.39 is 5.24 Å². The van der Waals surface area contributed by atoms with Crippen LogP contribution in [0.25, 0.3) is 0 Å². The van der Waals surface area contributed by atoms with Crippen molar-refractivity contribution in [1.29, 1.82) is 0 Å². The number of anilines is 1. The van der Waals surface area contributed by atoms with Crippen LogP contribution >= 0.6 is 23.2 Å². The molecule has 0 saturated heterocycles. The lowest BCUT2D eigenvalue weighted by Gasteiger charge is -2.06. The number of aromatic nitrogens is 1. The van der Waals surface area contributed by atoms with Crippen LogP contribution in [-0.2, 0) is 11.2 Å². The molecule has 0 radical (unpaired) electrons. The van der Waals surface area contributed by atoms with Crippen LogP contribution in [0.15, 0.2) is 42.6 Å². The third-order valence-electron chi connectivity index (χ3n) is 2.84. The molecule has 1 aromatic heterocycles. The van der Waals surface area contributed by atoms with E-state index in [0.29, 0.717) is 23.7 Å². The molecule has 2 rings (SSSR count). The standard InChI is InChI=1S/C15H12Cl2N2O2/c16-12-4-2-1-3-10(12)6-8-14(20)19-13-7-5-11(9-18-13)15(17)21/h1-5,7,9H,6,8H2,(H,18,19,20). The number of carbonyl (C=O) groups excluding carboxylic acids is 2. The Labute approximate surface area is 132 Å². The molecule has 0 aliphatic rings. The topological polar surface area (TPSA) is 59.1 Å². The van der Waals surface area contributed by atoms with Gasteiger partial charge in [0.25, 0.3) is 5.24 Å². The van der Waals surface area contributed by atoms with Gasteiger partial charge in [-0.15, -0.1) is 0 Å². The molecule has 0 atom stereocenters. The van der Waals surface area contributed by atoms with Gasteiger partial charge in [0, 0.05) is 17.6 Å². The smallest absolute Gasteiger partial charge is 0.253 e. The summed E-state index contributed by atoms with van der Waals surface area (Å²) in [5.41, 5.74) is 1.20. The Hall–Kier alpha value is -1.91. The average molecular weight is 323 g/mol. The normalized spacial score (nSPS) is 10.2. The van der Waals surface area contributed by atoms with E-state index in [4.69, 9.17) is 23.2 Å². The van der Waals surface area contributed by atoms with Crippen LogP contribution in [0.4, 0.5) is 5.82 Å². The minimum Gasteiger partial charge on any atom is -0.311 e. The van der Waals surface area contributed by atoms with Crippen LogP contribution in [0.2, 0.25) is 5.02 Å². The zero-order valence-electron chi connectivity index (χ0n) is 11.0. The first-order valence-corrected chi connectivity index (χ1v) is 7.01. The Kier molecular flexibility index (Phi) is 5.31. The van der Waals surface area contributed by atoms with Crippen LogP contribution in [-0.4, -0.2) is 16.1 Å². The van der Waals surface area contributed by atoms with E-state index in [2.05, 4.69) is 10.3 Å². The van der Waals surface area contributed by atoms with Crippen molar-refractivity contribution in [2.75, 3.05) is 5.32 Å². The second kappa shape index (κ2) is 7.20. The van der Waals surface area contributed by atoms with Gasteiger partial charge >= 0.3 is 0 Å². The third kappa shape index (κ3) is 4.55. The van der Waals surface area contributed by atoms with Gasteiger partial charge in [-0.2, -0.15) is 0 Å². The number of carbonyl (C=O) groups is 2. The first kappa shape index (κ1) is 15.5. The first-order chi connectivity index (χ1) is 10.1. The van der Waals surface area contributed by atoms with Crippen LogP contribution in [0.5, 0.6) is 0 Å². The molecule has 4 nitrogen and oxygen atoms in total. The molecule has 6 heteroatoms. The van der Waals surface area contributed by atoms with Crippen LogP contribution in [0, 0.1) is 0 Å². The molecule has 108 valence electrons. The number of nitrogens with one attached hydrogen (secondary N) is 1. The first-order valence-electron chi connectivity index (χ1n) is 6.25. The second-order valence-corrected chi connectivity index (χ2v) is 5.10. The van der Waals surface area contributed by atoms with E-state index in [9.17, 15) is 9.59 Å². The fraction of sp³-hybridized carbons (Fsp3) is 0.133. The summed E-state index contributed by atoms with van der Waals surface area (Å²) in [6, 6.07) is 10.4. The van der Waals surface area contributed by atoms with Gasteiger partial charge in [-0.25, -0.2) is 4.98 Å². The zero-order chi connectivity index (χ0) is 15.2. The molecule has 0 spiro atoms. The number of benzene rings is 1. The average Bonchev–Trinajstić information content (AvgIpc) is 2.47. The molecule has 2 aromatic rings. The van der Waals surface area contributed by atoms with Crippen LogP contribution < -0.4 is 5.32 Å². The Morgan fingerprint density at radius 3 is 2.52 bits per heavy atom. The maximum absolute atomic E-state index is 11.8. The number of rotatable bonds is 5. The van der Waals surface area contributed by atoms with Crippen molar-refractivity contribution < 1.29 is 9.59 Å². The zero-order valence-corrected chi connectivity index (χ0v) is 12.5. The van der Waals surface area contributed by atoms with E-state index in [0.717, 1.165) is 5.56 Å². The molecule has 0 aliphatic heterocycles. The van der Waals surface area contributed by atoms with Gasteiger partial charge in [0.05, 0.1) is 5.56 Å². The van der Waals surface area contributed by atoms with Gasteiger partial charge in [0.15, 0.2) is 0 Å². The molecular weight excluding hydrogens is 311 g/mol. The third-order valence-corrected chi connectivity index (χ3v) is 3.42. The summed E-state index contributed by atoms with van der Waals surface area (Å²) in [6.07, 6.45) is 2.16. The SMILES string of the molecule is O=C(CCc1ccccc1Cl)Nc1ccc(C(=O)Cl)cn1. The van der Waals surface area contributed by atoms with Gasteiger partial charge in [0.2, 0.25) is 5.91 Å². The summed E-state index contributed by atoms with van der Waals surface area (Å²) in [6.45, 7) is 0.